The number of ether oxygens (including phenoxy) is 1. The molecular weight excluding hydrogens is 344 g/mol. The molecule has 1 unspecified atom stereocenters. The monoisotopic (exact) mass is 378 g/mol. The number of allylic oxidation sites excluding steroid dienone is 2. The Labute approximate surface area is 162 Å². The maximum atomic E-state index is 12.2. The molecule has 0 spiro atoms. The van der Waals surface area contributed by atoms with Crippen LogP contribution in [-0.2, 0) is 23.9 Å². The number of esters is 1. The van der Waals surface area contributed by atoms with Gasteiger partial charge in [-0.15, -0.1) is 0 Å². The summed E-state index contributed by atoms with van der Waals surface area (Å²) in [5.41, 5.74) is -0.390. The van der Waals surface area contributed by atoms with Gasteiger partial charge in [-0.05, 0) is 31.8 Å². The average Bonchev–Trinajstić information content (AvgIpc) is 3.03. The molecule has 1 heterocycles. The van der Waals surface area contributed by atoms with Crippen LogP contribution in [0.1, 0.15) is 91.4 Å². The Hall–Kier alpha value is -1.78. The fourth-order valence-corrected chi connectivity index (χ4v) is 3.08. The van der Waals surface area contributed by atoms with Crippen molar-refractivity contribution in [1.29, 1.82) is 0 Å². The van der Waals surface area contributed by atoms with Crippen molar-refractivity contribution in [2.75, 3.05) is 0 Å². The molecule has 1 aliphatic heterocycles. The van der Waals surface area contributed by atoms with E-state index in [2.05, 4.69) is 6.92 Å². The third-order valence-corrected chi connectivity index (χ3v) is 5.07. The van der Waals surface area contributed by atoms with Gasteiger partial charge in [-0.1, -0.05) is 39.7 Å². The lowest BCUT2D eigenvalue weighted by Crippen LogP contribution is -2.22. The van der Waals surface area contributed by atoms with E-state index in [0.717, 1.165) is 25.7 Å². The van der Waals surface area contributed by atoms with Gasteiger partial charge in [0.05, 0.1) is 0 Å². The summed E-state index contributed by atoms with van der Waals surface area (Å²) in [4.78, 5) is 47.0. The van der Waals surface area contributed by atoms with Gasteiger partial charge < -0.3 is 4.74 Å². The Bertz CT molecular complexity index is 559. The van der Waals surface area contributed by atoms with E-state index in [1.165, 1.54) is 6.08 Å². The van der Waals surface area contributed by atoms with Crippen LogP contribution < -0.4 is 0 Å². The number of carbonyl (C=O) groups excluding carboxylic acids is 4. The number of Topliss-reactive ketones (excluding diaryl/α,β-unsaturated/α-hetero) is 2. The molecule has 0 N–H and O–H groups in total. The number of rotatable bonds is 14. The second-order valence-corrected chi connectivity index (χ2v) is 8.08. The first-order valence-electron chi connectivity index (χ1n) is 10.2. The van der Waals surface area contributed by atoms with E-state index >= 15 is 0 Å². The van der Waals surface area contributed by atoms with Crippen molar-refractivity contribution >= 4 is 23.3 Å². The molecule has 5 heteroatoms. The fraction of sp³-hybridized carbons (Fsp3) is 0.727. The second-order valence-electron chi connectivity index (χ2n) is 8.08. The molecule has 1 fully saturated rings. The summed E-state index contributed by atoms with van der Waals surface area (Å²) in [6.07, 6.45) is 9.68. The molecule has 0 aromatic rings. The van der Waals surface area contributed by atoms with Crippen molar-refractivity contribution in [3.05, 3.63) is 12.2 Å². The van der Waals surface area contributed by atoms with Crippen LogP contribution in [0.2, 0.25) is 0 Å². The van der Waals surface area contributed by atoms with E-state index in [-0.39, 0.29) is 54.1 Å². The smallest absolute Gasteiger partial charge is 0.306 e. The molecule has 0 saturated carbocycles. The normalized spacial score (nSPS) is 17.3. The minimum absolute atomic E-state index is 0.0245. The molecule has 0 amide bonds. The van der Waals surface area contributed by atoms with Gasteiger partial charge in [0.1, 0.15) is 17.7 Å². The van der Waals surface area contributed by atoms with E-state index in [1.807, 2.05) is 13.8 Å². The van der Waals surface area contributed by atoms with E-state index in [0.29, 0.717) is 25.7 Å². The third-order valence-electron chi connectivity index (χ3n) is 5.07. The van der Waals surface area contributed by atoms with Crippen LogP contribution in [-0.4, -0.2) is 29.4 Å². The minimum Gasteiger partial charge on any atom is -0.462 e. The first-order chi connectivity index (χ1) is 12.7. The number of hydrogen-bond donors (Lipinski definition) is 0. The van der Waals surface area contributed by atoms with Gasteiger partial charge in [0, 0.05) is 37.5 Å². The molecule has 1 atom stereocenters. The molecule has 1 aliphatic rings. The number of hydrogen-bond acceptors (Lipinski definition) is 5. The fourth-order valence-electron chi connectivity index (χ4n) is 3.08. The van der Waals surface area contributed by atoms with Crippen LogP contribution in [0, 0.1) is 5.41 Å². The lowest BCUT2D eigenvalue weighted by atomic mass is 9.82. The summed E-state index contributed by atoms with van der Waals surface area (Å²) in [6, 6.07) is 0. The number of carbonyl (C=O) groups is 4. The van der Waals surface area contributed by atoms with Crippen LogP contribution in [0.3, 0.4) is 0 Å². The highest BCUT2D eigenvalue weighted by Crippen LogP contribution is 2.25. The molecule has 0 aromatic heterocycles. The summed E-state index contributed by atoms with van der Waals surface area (Å²) < 4.78 is 5.11. The predicted molar refractivity (Wildman–Crippen MR) is 104 cm³/mol. The molecule has 1 rings (SSSR count). The Morgan fingerprint density at radius 1 is 1.11 bits per heavy atom. The first kappa shape index (κ1) is 23.3. The third kappa shape index (κ3) is 9.64. The minimum atomic E-state index is -0.390. The van der Waals surface area contributed by atoms with Gasteiger partial charge in [0.2, 0.25) is 0 Å². The van der Waals surface area contributed by atoms with Crippen molar-refractivity contribution in [3.63, 3.8) is 0 Å². The van der Waals surface area contributed by atoms with E-state index in [4.69, 9.17) is 4.74 Å². The number of unbranched alkanes of at least 4 members (excludes halogenated alkanes) is 1. The summed E-state index contributed by atoms with van der Waals surface area (Å²) in [6.45, 7) is 5.96. The molecular formula is C22H34O5. The second kappa shape index (κ2) is 11.8. The van der Waals surface area contributed by atoms with Crippen LogP contribution in [0.15, 0.2) is 12.2 Å². The highest BCUT2D eigenvalue weighted by molar-refractivity contribution is 5.95. The lowest BCUT2D eigenvalue weighted by Gasteiger charge is -2.20. The van der Waals surface area contributed by atoms with E-state index in [1.54, 1.807) is 6.08 Å². The Morgan fingerprint density at radius 3 is 2.44 bits per heavy atom. The van der Waals surface area contributed by atoms with Crippen molar-refractivity contribution in [3.8, 4) is 0 Å². The number of cyclic esters (lactones) is 1. The quantitative estimate of drug-likeness (QED) is 0.328. The summed E-state index contributed by atoms with van der Waals surface area (Å²) in [7, 11) is 0. The average molecular weight is 379 g/mol. The van der Waals surface area contributed by atoms with E-state index < -0.39 is 0 Å². The highest BCUT2D eigenvalue weighted by atomic mass is 16.5. The zero-order chi connectivity index (χ0) is 20.3. The lowest BCUT2D eigenvalue weighted by molar-refractivity contribution is -0.141. The van der Waals surface area contributed by atoms with Gasteiger partial charge in [0.25, 0.3) is 0 Å². The maximum absolute atomic E-state index is 12.2. The maximum Gasteiger partial charge on any atom is 0.306 e. The Kier molecular flexibility index (Phi) is 10.2. The Balaban J connectivity index is 2.17. The molecule has 1 saturated heterocycles. The van der Waals surface area contributed by atoms with Crippen molar-refractivity contribution in [2.45, 2.75) is 97.5 Å². The van der Waals surface area contributed by atoms with Crippen LogP contribution in [0.25, 0.3) is 0 Å². The van der Waals surface area contributed by atoms with E-state index in [9.17, 15) is 19.2 Å². The molecule has 152 valence electrons. The predicted octanol–water partition coefficient (Wildman–Crippen LogP) is 4.51. The Morgan fingerprint density at radius 2 is 1.81 bits per heavy atom. The van der Waals surface area contributed by atoms with Crippen LogP contribution >= 0.6 is 0 Å². The summed E-state index contributed by atoms with van der Waals surface area (Å²) in [5.74, 6) is -0.0680. The van der Waals surface area contributed by atoms with Crippen LogP contribution in [0.4, 0.5) is 0 Å². The number of ketones is 3. The van der Waals surface area contributed by atoms with Crippen molar-refractivity contribution in [2.24, 2.45) is 5.41 Å². The zero-order valence-electron chi connectivity index (χ0n) is 17.1. The zero-order valence-corrected chi connectivity index (χ0v) is 17.1. The van der Waals surface area contributed by atoms with Crippen LogP contribution in [0.5, 0.6) is 0 Å². The molecule has 0 bridgehead atoms. The van der Waals surface area contributed by atoms with Crippen molar-refractivity contribution in [1.82, 2.24) is 0 Å². The summed E-state index contributed by atoms with van der Waals surface area (Å²) >= 11 is 0. The highest BCUT2D eigenvalue weighted by Gasteiger charge is 2.24. The van der Waals surface area contributed by atoms with Gasteiger partial charge >= 0.3 is 5.97 Å². The van der Waals surface area contributed by atoms with Gasteiger partial charge in [-0.25, -0.2) is 0 Å². The first-order valence-corrected chi connectivity index (χ1v) is 10.2. The molecule has 0 radical (unpaired) electrons. The molecule has 27 heavy (non-hydrogen) atoms. The van der Waals surface area contributed by atoms with Gasteiger partial charge in [0.15, 0.2) is 5.78 Å². The summed E-state index contributed by atoms with van der Waals surface area (Å²) in [5, 5.41) is 0. The van der Waals surface area contributed by atoms with Gasteiger partial charge in [-0.2, -0.15) is 0 Å². The molecule has 5 nitrogen and oxygen atoms in total. The van der Waals surface area contributed by atoms with Gasteiger partial charge in [-0.3, -0.25) is 19.2 Å². The SMILES string of the molecule is CCCCC(C)(C)C(=O)/C=C/CC(=O)CCC(=O)CCCC1CCC(=O)O1. The molecule has 0 aliphatic carbocycles. The molecule has 0 aromatic carbocycles. The largest absolute Gasteiger partial charge is 0.462 e. The van der Waals surface area contributed by atoms with Crippen molar-refractivity contribution < 1.29 is 23.9 Å². The standard InChI is InChI=1S/C22H34O5/c1-4-5-16-22(2,3)20(25)11-7-9-18(24)13-12-17(23)8-6-10-19-14-15-21(26)27-19/h7,11,19H,4-6,8-10,12-16H2,1-3H3/b11-7+. The topological polar surface area (TPSA) is 77.5 Å².